The van der Waals surface area contributed by atoms with Gasteiger partial charge in [0.05, 0.1) is 11.1 Å². The molecule has 0 atom stereocenters. The first kappa shape index (κ1) is 22.6. The Balaban J connectivity index is 1.91. The molecule has 2 rings (SSSR count). The lowest BCUT2D eigenvalue weighted by molar-refractivity contribution is -0.341. The number of amides is 2. The van der Waals surface area contributed by atoms with Crippen LogP contribution in [0.15, 0.2) is 33.9 Å². The first-order valence-electron chi connectivity index (χ1n) is 7.94. The van der Waals surface area contributed by atoms with Gasteiger partial charge in [0.1, 0.15) is 0 Å². The normalized spacial score (nSPS) is 16.0. The summed E-state index contributed by atoms with van der Waals surface area (Å²) in [5.41, 5.74) is 0.493. The van der Waals surface area contributed by atoms with Crippen molar-refractivity contribution in [2.75, 3.05) is 6.54 Å². The fourth-order valence-corrected chi connectivity index (χ4v) is 3.33. The lowest BCUT2D eigenvalue weighted by atomic mass is 10.1. The average Bonchev–Trinajstić information content (AvgIpc) is 2.82. The van der Waals surface area contributed by atoms with Crippen molar-refractivity contribution >= 4 is 34.4 Å². The van der Waals surface area contributed by atoms with E-state index in [2.05, 4.69) is 0 Å². The minimum Gasteiger partial charge on any atom is -0.274 e. The highest BCUT2D eigenvalue weighted by Gasteiger charge is 2.72. The van der Waals surface area contributed by atoms with Crippen molar-refractivity contribution in [2.24, 2.45) is 0 Å². The summed E-state index contributed by atoms with van der Waals surface area (Å²) in [6, 6.07) is 6.17. The lowest BCUT2D eigenvalue weighted by Gasteiger charge is -2.26. The van der Waals surface area contributed by atoms with Crippen molar-refractivity contribution in [3.8, 4) is 0 Å². The molecule has 2 amide bonds. The highest BCUT2D eigenvalue weighted by molar-refractivity contribution is 14.1. The summed E-state index contributed by atoms with van der Waals surface area (Å²) in [6.07, 6.45) is -6.70. The molecule has 0 aromatic heterocycles. The maximum absolute atomic E-state index is 13.3. The standard InChI is InChI=1S/C17H13F7INO2/c18-15(19,16(20,21)17(22,23)24)9-10(25)5-3-4-8-26-13(27)11-6-1-2-7-12(11)14(26)28/h1-2,6-7,9H,3-5,8H2. The summed E-state index contributed by atoms with van der Waals surface area (Å²) in [4.78, 5) is 25.2. The molecular formula is C17H13F7INO2. The monoisotopic (exact) mass is 523 g/mol. The van der Waals surface area contributed by atoms with Crippen LogP contribution in [-0.4, -0.2) is 41.3 Å². The third-order valence-electron chi connectivity index (χ3n) is 4.04. The Morgan fingerprint density at radius 1 is 0.929 bits per heavy atom. The molecule has 0 fully saturated rings. The van der Waals surface area contributed by atoms with Crippen molar-refractivity contribution in [1.82, 2.24) is 4.90 Å². The fraction of sp³-hybridized carbons (Fsp3) is 0.412. The second kappa shape index (κ2) is 7.99. The molecule has 0 N–H and O–H groups in total. The number of nitrogens with zero attached hydrogens (tertiary/aromatic N) is 1. The van der Waals surface area contributed by atoms with Crippen LogP contribution < -0.4 is 0 Å². The van der Waals surface area contributed by atoms with Crippen molar-refractivity contribution in [1.29, 1.82) is 0 Å². The Morgan fingerprint density at radius 2 is 1.43 bits per heavy atom. The van der Waals surface area contributed by atoms with Gasteiger partial charge in [0.2, 0.25) is 0 Å². The van der Waals surface area contributed by atoms with Gasteiger partial charge in [0, 0.05) is 12.6 Å². The number of imide groups is 1. The number of fused-ring (bicyclic) bond motifs is 1. The minimum atomic E-state index is -6.38. The number of hydrogen-bond donors (Lipinski definition) is 0. The number of allylic oxidation sites excluding steroid dienone is 2. The molecule has 0 radical (unpaired) electrons. The van der Waals surface area contributed by atoms with E-state index in [1.165, 1.54) is 34.7 Å². The summed E-state index contributed by atoms with van der Waals surface area (Å²) < 4.78 is 88.3. The van der Waals surface area contributed by atoms with E-state index in [-0.39, 0.29) is 40.5 Å². The number of carbonyl (C=O) groups is 2. The zero-order valence-electron chi connectivity index (χ0n) is 14.0. The molecule has 28 heavy (non-hydrogen) atoms. The molecule has 0 saturated heterocycles. The Kier molecular flexibility index (Phi) is 6.46. The maximum atomic E-state index is 13.3. The van der Waals surface area contributed by atoms with Gasteiger partial charge in [0.15, 0.2) is 0 Å². The third-order valence-corrected chi connectivity index (χ3v) is 4.89. The van der Waals surface area contributed by atoms with Crippen LogP contribution in [0.5, 0.6) is 0 Å². The number of carbonyl (C=O) groups excluding carboxylic acids is 2. The molecular weight excluding hydrogens is 510 g/mol. The van der Waals surface area contributed by atoms with E-state index in [1.54, 1.807) is 12.1 Å². The molecule has 0 unspecified atom stereocenters. The predicted octanol–water partition coefficient (Wildman–Crippen LogP) is 5.60. The number of benzene rings is 1. The SMILES string of the molecule is O=C1c2ccccc2C(=O)N1CCCCC(I)=CC(F)(F)C(F)(F)C(F)(F)F. The molecule has 0 bridgehead atoms. The smallest absolute Gasteiger partial charge is 0.274 e. The zero-order chi connectivity index (χ0) is 21.3. The third kappa shape index (κ3) is 4.33. The van der Waals surface area contributed by atoms with E-state index in [9.17, 15) is 40.3 Å². The largest absolute Gasteiger partial charge is 0.460 e. The first-order valence-corrected chi connectivity index (χ1v) is 9.02. The van der Waals surface area contributed by atoms with E-state index >= 15 is 0 Å². The van der Waals surface area contributed by atoms with E-state index in [4.69, 9.17) is 0 Å². The van der Waals surface area contributed by atoms with E-state index in [0.717, 1.165) is 4.90 Å². The Morgan fingerprint density at radius 3 is 1.89 bits per heavy atom. The first-order chi connectivity index (χ1) is 12.8. The Hall–Kier alpha value is -1.66. The summed E-state index contributed by atoms with van der Waals surface area (Å²) in [7, 11) is 0. The highest BCUT2D eigenvalue weighted by Crippen LogP contribution is 2.48. The highest BCUT2D eigenvalue weighted by atomic mass is 127. The van der Waals surface area contributed by atoms with Crippen LogP contribution in [0.25, 0.3) is 0 Å². The number of alkyl halides is 7. The summed E-state index contributed by atoms with van der Waals surface area (Å²) >= 11 is 1.26. The van der Waals surface area contributed by atoms with Gasteiger partial charge in [-0.05, 0) is 57.6 Å². The molecule has 0 saturated carbocycles. The molecule has 1 aromatic rings. The van der Waals surface area contributed by atoms with Crippen LogP contribution in [0.1, 0.15) is 40.0 Å². The van der Waals surface area contributed by atoms with Crippen molar-refractivity contribution in [3.63, 3.8) is 0 Å². The van der Waals surface area contributed by atoms with Crippen molar-refractivity contribution in [3.05, 3.63) is 45.0 Å². The van der Waals surface area contributed by atoms with Crippen molar-refractivity contribution in [2.45, 2.75) is 37.3 Å². The van der Waals surface area contributed by atoms with Crippen LogP contribution in [0.2, 0.25) is 0 Å². The molecule has 0 aliphatic carbocycles. The van der Waals surface area contributed by atoms with Gasteiger partial charge in [-0.1, -0.05) is 12.1 Å². The van der Waals surface area contributed by atoms with E-state index in [0.29, 0.717) is 0 Å². The summed E-state index contributed by atoms with van der Waals surface area (Å²) in [5.74, 6) is -12.6. The second-order valence-electron chi connectivity index (χ2n) is 6.05. The molecule has 0 spiro atoms. The van der Waals surface area contributed by atoms with Gasteiger partial charge in [-0.15, -0.1) is 0 Å². The summed E-state index contributed by atoms with van der Waals surface area (Å²) in [5, 5.41) is 0. The average molecular weight is 523 g/mol. The molecule has 1 aliphatic rings. The van der Waals surface area contributed by atoms with Crippen LogP contribution in [0, 0.1) is 0 Å². The minimum absolute atomic E-state index is 0.0225. The fourth-order valence-electron chi connectivity index (χ4n) is 2.55. The zero-order valence-corrected chi connectivity index (χ0v) is 16.2. The van der Waals surface area contributed by atoms with Crippen molar-refractivity contribution < 1.29 is 40.3 Å². The molecule has 11 heteroatoms. The van der Waals surface area contributed by atoms with E-state index in [1.807, 2.05) is 0 Å². The predicted molar refractivity (Wildman–Crippen MR) is 93.7 cm³/mol. The molecule has 3 nitrogen and oxygen atoms in total. The van der Waals surface area contributed by atoms with Gasteiger partial charge in [-0.3, -0.25) is 14.5 Å². The quantitative estimate of drug-likeness (QED) is 0.202. The number of halogens is 8. The summed E-state index contributed by atoms with van der Waals surface area (Å²) in [6.45, 7) is -0.0225. The van der Waals surface area contributed by atoms with Gasteiger partial charge in [-0.25, -0.2) is 0 Å². The molecule has 1 aliphatic heterocycles. The van der Waals surface area contributed by atoms with Gasteiger partial charge in [0.25, 0.3) is 11.8 Å². The van der Waals surface area contributed by atoms with Gasteiger partial charge in [-0.2, -0.15) is 30.7 Å². The second-order valence-corrected chi connectivity index (χ2v) is 7.44. The van der Waals surface area contributed by atoms with Crippen LogP contribution in [-0.2, 0) is 0 Å². The Bertz CT molecular complexity index is 770. The molecule has 1 heterocycles. The van der Waals surface area contributed by atoms with Gasteiger partial charge >= 0.3 is 18.0 Å². The van der Waals surface area contributed by atoms with Crippen LogP contribution in [0.3, 0.4) is 0 Å². The van der Waals surface area contributed by atoms with Crippen LogP contribution in [0.4, 0.5) is 30.7 Å². The Labute approximate surface area is 168 Å². The molecule has 154 valence electrons. The number of rotatable bonds is 7. The lowest BCUT2D eigenvalue weighted by Crippen LogP contribution is -2.50. The number of unbranched alkanes of at least 4 members (excludes halogenated alkanes) is 1. The van der Waals surface area contributed by atoms with Gasteiger partial charge < -0.3 is 0 Å². The van der Waals surface area contributed by atoms with Crippen LogP contribution >= 0.6 is 22.6 Å². The van der Waals surface area contributed by atoms with E-state index < -0.39 is 35.9 Å². The topological polar surface area (TPSA) is 37.4 Å². The molecule has 1 aromatic carbocycles. The maximum Gasteiger partial charge on any atom is 0.460 e. The number of hydrogen-bond acceptors (Lipinski definition) is 2.